The van der Waals surface area contributed by atoms with E-state index in [0.29, 0.717) is 22.8 Å². The van der Waals surface area contributed by atoms with Gasteiger partial charge in [0.05, 0.1) is 35.9 Å². The van der Waals surface area contributed by atoms with E-state index in [2.05, 4.69) is 4.98 Å². The summed E-state index contributed by atoms with van der Waals surface area (Å²) in [5.74, 6) is 0.230. The summed E-state index contributed by atoms with van der Waals surface area (Å²) in [4.78, 5) is 16.0. The number of hydrogen-bond donors (Lipinski definition) is 0. The summed E-state index contributed by atoms with van der Waals surface area (Å²) in [5.41, 5.74) is 1.13. The van der Waals surface area contributed by atoms with Crippen molar-refractivity contribution in [1.29, 1.82) is 5.26 Å². The Balaban J connectivity index is 2.09. The molecular formula is C14H12N2O3S. The number of thiazole rings is 1. The first-order valence-corrected chi connectivity index (χ1v) is 6.70. The van der Waals surface area contributed by atoms with Crippen LogP contribution in [0.2, 0.25) is 0 Å². The van der Waals surface area contributed by atoms with Crippen molar-refractivity contribution in [1.82, 2.24) is 4.98 Å². The highest BCUT2D eigenvalue weighted by Gasteiger charge is 2.13. The lowest BCUT2D eigenvalue weighted by Gasteiger charge is -2.08. The molecule has 20 heavy (non-hydrogen) atoms. The summed E-state index contributed by atoms with van der Waals surface area (Å²) in [6.45, 7) is 1.88. The number of carbonyl (C=O) groups excluding carboxylic acids is 1. The molecule has 2 aromatic rings. The fraction of sp³-hybridized carbons (Fsp3) is 0.214. The summed E-state index contributed by atoms with van der Waals surface area (Å²) in [5, 5.41) is 11.5. The fourth-order valence-corrected chi connectivity index (χ4v) is 2.23. The second-order valence-corrected chi connectivity index (χ2v) is 5.05. The smallest absolute Gasteiger partial charge is 0.317 e. The molecular weight excluding hydrogens is 276 g/mol. The number of hydrogen-bond acceptors (Lipinski definition) is 6. The van der Waals surface area contributed by atoms with Crippen molar-refractivity contribution in [3.63, 3.8) is 0 Å². The molecule has 1 heterocycles. The molecule has 0 aliphatic rings. The maximum Gasteiger partial charge on any atom is 0.317 e. The van der Waals surface area contributed by atoms with Gasteiger partial charge in [-0.15, -0.1) is 11.3 Å². The van der Waals surface area contributed by atoms with Crippen LogP contribution >= 0.6 is 11.3 Å². The van der Waals surface area contributed by atoms with E-state index in [1.165, 1.54) is 24.5 Å². The third-order valence-corrected chi connectivity index (χ3v) is 3.33. The quantitative estimate of drug-likeness (QED) is 0.638. The van der Waals surface area contributed by atoms with Crippen LogP contribution in [0.3, 0.4) is 0 Å². The molecule has 0 unspecified atom stereocenters. The number of ether oxygens (including phenoxy) is 2. The van der Waals surface area contributed by atoms with Gasteiger partial charge >= 0.3 is 5.97 Å². The monoisotopic (exact) mass is 288 g/mol. The maximum atomic E-state index is 11.8. The molecule has 5 nitrogen and oxygen atoms in total. The molecule has 1 aromatic carbocycles. The average molecular weight is 288 g/mol. The van der Waals surface area contributed by atoms with Crippen LogP contribution in [0.4, 0.5) is 0 Å². The van der Waals surface area contributed by atoms with Crippen molar-refractivity contribution in [2.75, 3.05) is 7.11 Å². The number of nitriles is 1. The Hall–Kier alpha value is -2.39. The van der Waals surface area contributed by atoms with E-state index < -0.39 is 5.97 Å². The predicted molar refractivity (Wildman–Crippen MR) is 73.9 cm³/mol. The molecule has 0 fully saturated rings. The molecule has 0 bridgehead atoms. The summed E-state index contributed by atoms with van der Waals surface area (Å²) in [6.07, 6.45) is 0.105. The summed E-state index contributed by atoms with van der Waals surface area (Å²) < 4.78 is 10.3. The Kier molecular flexibility index (Phi) is 4.33. The third-order valence-electron chi connectivity index (χ3n) is 2.51. The molecule has 1 aromatic heterocycles. The van der Waals surface area contributed by atoms with E-state index in [9.17, 15) is 4.79 Å². The van der Waals surface area contributed by atoms with Crippen molar-refractivity contribution in [2.45, 2.75) is 13.3 Å². The van der Waals surface area contributed by atoms with E-state index in [1.807, 2.05) is 18.4 Å². The largest absolute Gasteiger partial charge is 0.493 e. The molecule has 102 valence electrons. The minimum atomic E-state index is -0.418. The van der Waals surface area contributed by atoms with Crippen LogP contribution in [0.5, 0.6) is 11.5 Å². The van der Waals surface area contributed by atoms with Crippen molar-refractivity contribution >= 4 is 17.3 Å². The van der Waals surface area contributed by atoms with Gasteiger partial charge in [0.2, 0.25) is 0 Å². The van der Waals surface area contributed by atoms with E-state index in [0.717, 1.165) is 5.01 Å². The first-order valence-electron chi connectivity index (χ1n) is 5.82. The van der Waals surface area contributed by atoms with Gasteiger partial charge in [0.25, 0.3) is 0 Å². The lowest BCUT2D eigenvalue weighted by Crippen LogP contribution is -2.12. The minimum Gasteiger partial charge on any atom is -0.493 e. The zero-order chi connectivity index (χ0) is 14.5. The van der Waals surface area contributed by atoms with Crippen molar-refractivity contribution in [2.24, 2.45) is 0 Å². The minimum absolute atomic E-state index is 0.105. The average Bonchev–Trinajstić information content (AvgIpc) is 2.84. The Morgan fingerprint density at radius 2 is 2.25 bits per heavy atom. The Bertz CT molecular complexity index is 673. The molecule has 6 heteroatoms. The highest BCUT2D eigenvalue weighted by molar-refractivity contribution is 7.09. The number of rotatable bonds is 4. The number of methoxy groups -OCH3 is 1. The van der Waals surface area contributed by atoms with Crippen LogP contribution in [-0.2, 0) is 11.2 Å². The first kappa shape index (κ1) is 14.0. The fourth-order valence-electron chi connectivity index (χ4n) is 1.62. The number of aromatic nitrogens is 1. The maximum absolute atomic E-state index is 11.8. The molecule has 2 rings (SSSR count). The van der Waals surface area contributed by atoms with Crippen LogP contribution in [0.15, 0.2) is 23.6 Å². The number of benzene rings is 1. The topological polar surface area (TPSA) is 72.2 Å². The lowest BCUT2D eigenvalue weighted by atomic mass is 10.2. The number of carbonyl (C=O) groups is 1. The SMILES string of the molecule is COc1cc(C#N)ccc1OC(=O)Cc1csc(C)n1. The van der Waals surface area contributed by atoms with Gasteiger partial charge in [-0.05, 0) is 19.1 Å². The molecule has 0 N–H and O–H groups in total. The zero-order valence-electron chi connectivity index (χ0n) is 11.0. The van der Waals surface area contributed by atoms with Crippen LogP contribution in [0, 0.1) is 18.3 Å². The van der Waals surface area contributed by atoms with Gasteiger partial charge in [0.1, 0.15) is 0 Å². The second kappa shape index (κ2) is 6.17. The molecule has 0 aliphatic carbocycles. The molecule has 0 amide bonds. The lowest BCUT2D eigenvalue weighted by molar-refractivity contribution is -0.133. The first-order chi connectivity index (χ1) is 9.62. The Morgan fingerprint density at radius 1 is 1.45 bits per heavy atom. The second-order valence-electron chi connectivity index (χ2n) is 3.99. The molecule has 0 saturated heterocycles. The molecule has 0 saturated carbocycles. The zero-order valence-corrected chi connectivity index (χ0v) is 11.9. The van der Waals surface area contributed by atoms with Gasteiger partial charge in [-0.2, -0.15) is 5.26 Å². The van der Waals surface area contributed by atoms with Gasteiger partial charge < -0.3 is 9.47 Å². The van der Waals surface area contributed by atoms with Crippen molar-refractivity contribution in [3.8, 4) is 17.6 Å². The van der Waals surface area contributed by atoms with Crippen molar-refractivity contribution < 1.29 is 14.3 Å². The van der Waals surface area contributed by atoms with Crippen LogP contribution < -0.4 is 9.47 Å². The van der Waals surface area contributed by atoms with E-state index in [4.69, 9.17) is 14.7 Å². The van der Waals surface area contributed by atoms with Gasteiger partial charge in [0.15, 0.2) is 11.5 Å². The van der Waals surface area contributed by atoms with E-state index >= 15 is 0 Å². The number of esters is 1. The summed E-state index contributed by atoms with van der Waals surface area (Å²) in [7, 11) is 1.46. The predicted octanol–water partition coefficient (Wildman–Crippen LogP) is 2.48. The standard InChI is InChI=1S/C14H12N2O3S/c1-9-16-11(8-20-9)6-14(17)19-12-4-3-10(7-15)5-13(12)18-2/h3-5,8H,6H2,1-2H3. The van der Waals surface area contributed by atoms with Crippen molar-refractivity contribution in [3.05, 3.63) is 39.8 Å². The normalized spacial score (nSPS) is 9.85. The van der Waals surface area contributed by atoms with Gasteiger partial charge in [-0.25, -0.2) is 4.98 Å². The Morgan fingerprint density at radius 3 is 2.85 bits per heavy atom. The highest BCUT2D eigenvalue weighted by atomic mass is 32.1. The van der Waals surface area contributed by atoms with Crippen LogP contribution in [-0.4, -0.2) is 18.1 Å². The van der Waals surface area contributed by atoms with Crippen LogP contribution in [0.25, 0.3) is 0 Å². The molecule has 0 spiro atoms. The van der Waals surface area contributed by atoms with Crippen LogP contribution in [0.1, 0.15) is 16.3 Å². The van der Waals surface area contributed by atoms with E-state index in [1.54, 1.807) is 12.1 Å². The van der Waals surface area contributed by atoms with E-state index in [-0.39, 0.29) is 6.42 Å². The molecule has 0 radical (unpaired) electrons. The highest BCUT2D eigenvalue weighted by Crippen LogP contribution is 2.28. The van der Waals surface area contributed by atoms with Gasteiger partial charge in [-0.3, -0.25) is 4.79 Å². The molecule has 0 atom stereocenters. The molecule has 0 aliphatic heterocycles. The van der Waals surface area contributed by atoms with Gasteiger partial charge in [-0.1, -0.05) is 0 Å². The summed E-state index contributed by atoms with van der Waals surface area (Å²) in [6, 6.07) is 6.63. The van der Waals surface area contributed by atoms with Gasteiger partial charge in [0, 0.05) is 11.4 Å². The number of aryl methyl sites for hydroxylation is 1. The Labute approximate surface area is 120 Å². The summed E-state index contributed by atoms with van der Waals surface area (Å²) >= 11 is 1.49. The third kappa shape index (κ3) is 3.33. The number of nitrogens with zero attached hydrogens (tertiary/aromatic N) is 2.